The molecule has 0 saturated heterocycles. The van der Waals surface area contributed by atoms with Crippen LogP contribution in [-0.2, 0) is 18.4 Å². The first kappa shape index (κ1) is 15.6. The van der Waals surface area contributed by atoms with Crippen LogP contribution in [0.4, 0.5) is 0 Å². The van der Waals surface area contributed by atoms with Crippen LogP contribution in [0.5, 0.6) is 0 Å². The van der Waals surface area contributed by atoms with Crippen molar-refractivity contribution < 1.29 is 18.4 Å². The van der Waals surface area contributed by atoms with E-state index in [0.717, 1.165) is 6.42 Å². The Morgan fingerprint density at radius 3 is 2.19 bits per heavy atom. The van der Waals surface area contributed by atoms with Crippen molar-refractivity contribution in [3.05, 3.63) is 0 Å². The minimum absolute atomic E-state index is 0.406. The van der Waals surface area contributed by atoms with Gasteiger partial charge in [-0.05, 0) is 13.3 Å². The van der Waals surface area contributed by atoms with Gasteiger partial charge in [-0.3, -0.25) is 9.36 Å². The van der Waals surface area contributed by atoms with E-state index in [-0.39, 0.29) is 0 Å². The second-order valence-electron chi connectivity index (χ2n) is 3.27. The number of nitrogens with two attached hydrogens (primary N) is 1. The van der Waals surface area contributed by atoms with Gasteiger partial charge in [0.2, 0.25) is 0 Å². The van der Waals surface area contributed by atoms with Crippen LogP contribution in [0.25, 0.3) is 0 Å². The lowest BCUT2D eigenvalue weighted by Gasteiger charge is -2.26. The minimum Gasteiger partial charge on any atom is -0.341 e. The summed E-state index contributed by atoms with van der Waals surface area (Å²) in [6.07, 6.45) is 0.816. The van der Waals surface area contributed by atoms with Crippen molar-refractivity contribution in [2.24, 2.45) is 5.73 Å². The summed E-state index contributed by atoms with van der Waals surface area (Å²) >= 11 is 0. The van der Waals surface area contributed by atoms with E-state index in [2.05, 4.69) is 0 Å². The Morgan fingerprint density at radius 1 is 1.38 bits per heavy atom. The van der Waals surface area contributed by atoms with Crippen molar-refractivity contribution in [3.63, 3.8) is 0 Å². The predicted molar refractivity (Wildman–Crippen MR) is 62.1 cm³/mol. The van der Waals surface area contributed by atoms with Gasteiger partial charge in [-0.15, -0.1) is 0 Å². The molecule has 1 unspecified atom stereocenters. The second-order valence-corrected chi connectivity index (χ2v) is 5.63. The zero-order valence-electron chi connectivity index (χ0n) is 10.3. The molecule has 0 heterocycles. The lowest BCUT2D eigenvalue weighted by atomic mass is 10.4. The van der Waals surface area contributed by atoms with Gasteiger partial charge in [0.25, 0.3) is 5.91 Å². The van der Waals surface area contributed by atoms with Crippen molar-refractivity contribution in [1.29, 1.82) is 0 Å². The third-order valence-electron chi connectivity index (χ3n) is 2.29. The predicted octanol–water partition coefficient (Wildman–Crippen LogP) is 1.02. The monoisotopic (exact) mass is 252 g/mol. The van der Waals surface area contributed by atoms with Crippen LogP contribution in [0.2, 0.25) is 0 Å². The van der Waals surface area contributed by atoms with Crippen molar-refractivity contribution in [3.8, 4) is 0 Å². The van der Waals surface area contributed by atoms with Crippen molar-refractivity contribution in [2.45, 2.75) is 26.1 Å². The van der Waals surface area contributed by atoms with E-state index in [0.29, 0.717) is 13.1 Å². The maximum atomic E-state index is 11.9. The van der Waals surface area contributed by atoms with E-state index in [1.807, 2.05) is 13.8 Å². The molecule has 7 heteroatoms. The Morgan fingerprint density at radius 2 is 1.88 bits per heavy atom. The molecule has 0 bridgehead atoms. The topological polar surface area (TPSA) is 81.9 Å². The van der Waals surface area contributed by atoms with E-state index < -0.39 is 19.3 Å². The summed E-state index contributed by atoms with van der Waals surface area (Å²) in [6, 6.07) is 0. The van der Waals surface area contributed by atoms with Crippen LogP contribution in [0.3, 0.4) is 0 Å². The number of rotatable bonds is 7. The molecule has 96 valence electrons. The summed E-state index contributed by atoms with van der Waals surface area (Å²) in [7, 11) is -1.10. The molecule has 1 amide bonds. The molecule has 1 atom stereocenters. The Balaban J connectivity index is 4.76. The Hall–Kier alpha value is -0.420. The molecule has 0 aliphatic rings. The molecule has 0 aliphatic carbocycles. The normalized spacial score (nSPS) is 13.6. The van der Waals surface area contributed by atoms with Gasteiger partial charge in [0, 0.05) is 27.3 Å². The first-order chi connectivity index (χ1) is 7.46. The van der Waals surface area contributed by atoms with Gasteiger partial charge in [-0.2, -0.15) is 0 Å². The first-order valence-electron chi connectivity index (χ1n) is 5.22. The van der Waals surface area contributed by atoms with Gasteiger partial charge in [-0.25, -0.2) is 0 Å². The Bertz CT molecular complexity index is 264. The van der Waals surface area contributed by atoms with Crippen LogP contribution in [0.1, 0.15) is 20.3 Å². The fourth-order valence-corrected chi connectivity index (χ4v) is 2.36. The SMILES string of the molecule is CCCN(CC)C(=O)C(N)P(=O)(OC)OC. The average Bonchev–Trinajstić information content (AvgIpc) is 2.33. The van der Waals surface area contributed by atoms with Gasteiger partial charge in [0.1, 0.15) is 0 Å². The second kappa shape index (κ2) is 7.01. The molecule has 0 rings (SSSR count). The fourth-order valence-electron chi connectivity index (χ4n) is 1.32. The number of hydrogen-bond acceptors (Lipinski definition) is 5. The highest BCUT2D eigenvalue weighted by molar-refractivity contribution is 7.55. The van der Waals surface area contributed by atoms with Gasteiger partial charge in [0.05, 0.1) is 0 Å². The summed E-state index contributed by atoms with van der Waals surface area (Å²) in [5.74, 6) is -1.66. The molecule has 16 heavy (non-hydrogen) atoms. The van der Waals surface area contributed by atoms with E-state index >= 15 is 0 Å². The van der Waals surface area contributed by atoms with Gasteiger partial charge in [-0.1, -0.05) is 6.92 Å². The lowest BCUT2D eigenvalue weighted by molar-refractivity contribution is -0.130. The lowest BCUT2D eigenvalue weighted by Crippen LogP contribution is -2.44. The van der Waals surface area contributed by atoms with Crippen LogP contribution < -0.4 is 5.73 Å². The molecule has 0 aliphatic heterocycles. The maximum absolute atomic E-state index is 11.9. The third-order valence-corrected chi connectivity index (χ3v) is 4.21. The van der Waals surface area contributed by atoms with Crippen LogP contribution in [-0.4, -0.2) is 43.9 Å². The molecule has 6 nitrogen and oxygen atoms in total. The van der Waals surface area contributed by atoms with Crippen molar-refractivity contribution in [1.82, 2.24) is 4.90 Å². The van der Waals surface area contributed by atoms with Crippen LogP contribution in [0, 0.1) is 0 Å². The third kappa shape index (κ3) is 3.56. The quantitative estimate of drug-likeness (QED) is 0.684. The van der Waals surface area contributed by atoms with Crippen molar-refractivity contribution >= 4 is 13.5 Å². The number of amides is 1. The number of hydrogen-bond donors (Lipinski definition) is 1. The van der Waals surface area contributed by atoms with E-state index in [9.17, 15) is 9.36 Å². The molecule has 2 N–H and O–H groups in total. The van der Waals surface area contributed by atoms with Crippen LogP contribution >= 0.6 is 7.60 Å². The standard InChI is InChI=1S/C9H21N2O4P/c1-5-7-11(6-2)9(12)8(10)16(13,14-3)15-4/h8H,5-7,10H2,1-4H3. The number of nitrogens with zero attached hydrogens (tertiary/aromatic N) is 1. The summed E-state index contributed by atoms with van der Waals surface area (Å²) in [4.78, 5) is 13.4. The van der Waals surface area contributed by atoms with E-state index in [1.54, 1.807) is 0 Å². The summed E-state index contributed by atoms with van der Waals surface area (Å²) in [5.41, 5.74) is 5.62. The maximum Gasteiger partial charge on any atom is 0.356 e. The molecule has 0 saturated carbocycles. The first-order valence-corrected chi connectivity index (χ1v) is 6.83. The summed E-state index contributed by atoms with van der Waals surface area (Å²) in [5, 5.41) is 0. The van der Waals surface area contributed by atoms with Crippen molar-refractivity contribution in [2.75, 3.05) is 27.3 Å². The molecule has 0 aromatic heterocycles. The highest BCUT2D eigenvalue weighted by atomic mass is 31.2. The largest absolute Gasteiger partial charge is 0.356 e. The molecule has 0 radical (unpaired) electrons. The zero-order valence-corrected chi connectivity index (χ0v) is 11.2. The molecule has 0 spiro atoms. The fraction of sp³-hybridized carbons (Fsp3) is 0.889. The molecule has 0 fully saturated rings. The van der Waals surface area contributed by atoms with Gasteiger partial charge in [0.15, 0.2) is 5.78 Å². The molecular weight excluding hydrogens is 231 g/mol. The number of likely N-dealkylation sites (N-methyl/N-ethyl adjacent to an activating group) is 1. The van der Waals surface area contributed by atoms with E-state index in [4.69, 9.17) is 14.8 Å². The highest BCUT2D eigenvalue weighted by Crippen LogP contribution is 2.49. The Labute approximate surface area is 96.6 Å². The molecular formula is C9H21N2O4P. The molecule has 0 aromatic carbocycles. The number of carbonyl (C=O) groups excluding carboxylic acids is 1. The summed E-state index contributed by atoms with van der Waals surface area (Å²) in [6.45, 7) is 4.89. The summed E-state index contributed by atoms with van der Waals surface area (Å²) < 4.78 is 21.3. The van der Waals surface area contributed by atoms with Crippen LogP contribution in [0.15, 0.2) is 0 Å². The average molecular weight is 252 g/mol. The zero-order chi connectivity index (χ0) is 12.8. The van der Waals surface area contributed by atoms with Gasteiger partial charge < -0.3 is 19.7 Å². The molecule has 0 aromatic rings. The smallest absolute Gasteiger partial charge is 0.341 e. The number of carbonyl (C=O) groups is 1. The minimum atomic E-state index is -3.53. The Kier molecular flexibility index (Phi) is 6.83. The highest BCUT2D eigenvalue weighted by Gasteiger charge is 2.38. The van der Waals surface area contributed by atoms with Gasteiger partial charge >= 0.3 is 7.60 Å². The van der Waals surface area contributed by atoms with E-state index in [1.165, 1.54) is 19.1 Å².